The maximum atomic E-state index is 12.1. The Kier molecular flexibility index (Phi) is 4.46. The molecule has 1 aliphatic rings. The number of allylic oxidation sites excluding steroid dienone is 2. The second-order valence-corrected chi connectivity index (χ2v) is 4.46. The van der Waals surface area contributed by atoms with Crippen LogP contribution in [0.4, 0.5) is 23.7 Å². The summed E-state index contributed by atoms with van der Waals surface area (Å²) in [6, 6.07) is 4.45. The van der Waals surface area contributed by atoms with Crippen molar-refractivity contribution in [3.8, 4) is 5.75 Å². The van der Waals surface area contributed by atoms with Gasteiger partial charge in [0, 0.05) is 12.7 Å². The highest BCUT2D eigenvalue weighted by Crippen LogP contribution is 2.26. The number of carbonyl (C=O) groups excluding carboxylic acids is 1. The van der Waals surface area contributed by atoms with Crippen LogP contribution in [0.25, 0.3) is 0 Å². The molecule has 1 aromatic rings. The van der Waals surface area contributed by atoms with Crippen molar-refractivity contribution < 1.29 is 22.7 Å². The molecular formula is C13H11F3N2O2S. The number of halogens is 3. The Labute approximate surface area is 124 Å². The van der Waals surface area contributed by atoms with Gasteiger partial charge in [0.1, 0.15) is 5.75 Å². The number of hydrogen-bond acceptors (Lipinski definition) is 3. The van der Waals surface area contributed by atoms with Crippen molar-refractivity contribution in [1.29, 1.82) is 0 Å². The molecule has 0 radical (unpaired) electrons. The van der Waals surface area contributed by atoms with E-state index in [9.17, 15) is 18.0 Å². The number of hydrogen-bond donors (Lipinski definition) is 1. The first-order valence-electron chi connectivity index (χ1n) is 5.85. The molecule has 0 aliphatic carbocycles. The van der Waals surface area contributed by atoms with E-state index in [-0.39, 0.29) is 5.75 Å². The third kappa shape index (κ3) is 4.19. The van der Waals surface area contributed by atoms with Crippen molar-refractivity contribution in [3.63, 3.8) is 0 Å². The van der Waals surface area contributed by atoms with Crippen LogP contribution < -0.4 is 9.04 Å². The molecular weight excluding hydrogens is 305 g/mol. The summed E-state index contributed by atoms with van der Waals surface area (Å²) in [5.41, 5.74) is 0.334. The van der Waals surface area contributed by atoms with Crippen LogP contribution in [-0.2, 0) is 0 Å². The van der Waals surface area contributed by atoms with Crippen molar-refractivity contribution in [2.24, 2.45) is 0 Å². The number of ether oxygens (including phenoxy) is 1. The molecule has 0 N–H and O–H groups in total. The molecule has 0 spiro atoms. The van der Waals surface area contributed by atoms with E-state index in [0.717, 1.165) is 16.4 Å². The Morgan fingerprint density at radius 3 is 2.43 bits per heavy atom. The Morgan fingerprint density at radius 1 is 1.24 bits per heavy atom. The molecule has 112 valence electrons. The van der Waals surface area contributed by atoms with Gasteiger partial charge in [0.05, 0.1) is 5.69 Å². The summed E-state index contributed by atoms with van der Waals surface area (Å²) in [4.78, 5) is 13.5. The molecule has 1 aromatic carbocycles. The molecule has 0 fully saturated rings. The number of nitrogens with zero attached hydrogens (tertiary/aromatic N) is 2. The Morgan fingerprint density at radius 2 is 1.90 bits per heavy atom. The SMILES string of the molecule is O=C(N1C=CC=CC1)N(S)c1ccc(OC(F)(F)F)cc1. The zero-order chi connectivity index (χ0) is 15.5. The summed E-state index contributed by atoms with van der Waals surface area (Å²) in [7, 11) is 0. The average molecular weight is 316 g/mol. The first-order valence-corrected chi connectivity index (χ1v) is 6.25. The summed E-state index contributed by atoms with van der Waals surface area (Å²) in [6.45, 7) is 0.404. The van der Waals surface area contributed by atoms with Gasteiger partial charge in [-0.15, -0.1) is 13.2 Å². The van der Waals surface area contributed by atoms with Crippen LogP contribution >= 0.6 is 12.8 Å². The normalized spacial score (nSPS) is 14.2. The Bertz CT molecular complexity index is 570. The molecule has 4 nitrogen and oxygen atoms in total. The predicted molar refractivity (Wildman–Crippen MR) is 75.0 cm³/mol. The van der Waals surface area contributed by atoms with Crippen LogP contribution in [0.15, 0.2) is 48.7 Å². The van der Waals surface area contributed by atoms with Crippen molar-refractivity contribution in [3.05, 3.63) is 48.7 Å². The van der Waals surface area contributed by atoms with Gasteiger partial charge in [-0.05, 0) is 30.3 Å². The summed E-state index contributed by atoms with van der Waals surface area (Å²) in [5, 5.41) is 0. The van der Waals surface area contributed by atoms with Gasteiger partial charge < -0.3 is 4.74 Å². The lowest BCUT2D eigenvalue weighted by molar-refractivity contribution is -0.274. The van der Waals surface area contributed by atoms with E-state index in [4.69, 9.17) is 0 Å². The van der Waals surface area contributed by atoms with Crippen LogP contribution in [-0.4, -0.2) is 23.8 Å². The number of alkyl halides is 3. The van der Waals surface area contributed by atoms with Gasteiger partial charge in [-0.2, -0.15) is 0 Å². The van der Waals surface area contributed by atoms with Crippen LogP contribution in [0.3, 0.4) is 0 Å². The van der Waals surface area contributed by atoms with Crippen molar-refractivity contribution in [1.82, 2.24) is 4.90 Å². The Hall–Kier alpha value is -2.09. The molecule has 0 unspecified atom stereocenters. The standard InChI is InChI=1S/C13H11F3N2O2S/c14-13(15,16)20-11-6-4-10(5-7-11)18(21)12(19)17-8-2-1-3-9-17/h1-8,21H,9H2. The second-order valence-electron chi connectivity index (χ2n) is 4.06. The second kappa shape index (κ2) is 6.13. The zero-order valence-corrected chi connectivity index (χ0v) is 11.5. The summed E-state index contributed by atoms with van der Waals surface area (Å²) in [6.07, 6.45) is 2.13. The largest absolute Gasteiger partial charge is 0.573 e. The summed E-state index contributed by atoms with van der Waals surface area (Å²) >= 11 is 4.07. The fraction of sp³-hybridized carbons (Fsp3) is 0.154. The molecule has 0 saturated carbocycles. The van der Waals surface area contributed by atoms with Gasteiger partial charge in [-0.25, -0.2) is 9.10 Å². The minimum absolute atomic E-state index is 0.334. The van der Waals surface area contributed by atoms with Crippen LogP contribution in [0.2, 0.25) is 0 Å². The molecule has 8 heteroatoms. The minimum atomic E-state index is -4.75. The number of anilines is 1. The van der Waals surface area contributed by atoms with Crippen molar-refractivity contribution in [2.45, 2.75) is 6.36 Å². The number of carbonyl (C=O) groups is 1. The lowest BCUT2D eigenvalue weighted by Crippen LogP contribution is -2.35. The van der Waals surface area contributed by atoms with Gasteiger partial charge in [0.25, 0.3) is 0 Å². The monoisotopic (exact) mass is 316 g/mol. The quantitative estimate of drug-likeness (QED) is 0.843. The molecule has 0 saturated heterocycles. The van der Waals surface area contributed by atoms with Crippen LogP contribution in [0.1, 0.15) is 0 Å². The summed E-state index contributed by atoms with van der Waals surface area (Å²) in [5.74, 6) is -0.360. The molecule has 21 heavy (non-hydrogen) atoms. The maximum absolute atomic E-state index is 12.1. The molecule has 1 aliphatic heterocycles. The lowest BCUT2D eigenvalue weighted by atomic mass is 10.3. The molecule has 2 rings (SSSR count). The fourth-order valence-electron chi connectivity index (χ4n) is 1.63. The van der Waals surface area contributed by atoms with Gasteiger partial charge >= 0.3 is 12.4 Å². The summed E-state index contributed by atoms with van der Waals surface area (Å²) < 4.78 is 40.9. The highest BCUT2D eigenvalue weighted by molar-refractivity contribution is 7.82. The van der Waals surface area contributed by atoms with E-state index in [2.05, 4.69) is 17.6 Å². The van der Waals surface area contributed by atoms with Crippen molar-refractivity contribution in [2.75, 3.05) is 10.8 Å². The zero-order valence-electron chi connectivity index (χ0n) is 10.6. The highest BCUT2D eigenvalue weighted by Gasteiger charge is 2.31. The number of benzene rings is 1. The molecule has 0 aromatic heterocycles. The maximum Gasteiger partial charge on any atom is 0.573 e. The topological polar surface area (TPSA) is 32.8 Å². The number of thiol groups is 1. The van der Waals surface area contributed by atoms with Gasteiger partial charge in [0.2, 0.25) is 0 Å². The third-order valence-electron chi connectivity index (χ3n) is 2.56. The van der Waals surface area contributed by atoms with Gasteiger partial charge in [-0.1, -0.05) is 25.0 Å². The first-order chi connectivity index (χ1) is 9.87. The number of urea groups is 1. The highest BCUT2D eigenvalue weighted by atomic mass is 32.1. The smallest absolute Gasteiger partial charge is 0.406 e. The first kappa shape index (κ1) is 15.3. The van der Waals surface area contributed by atoms with Gasteiger partial charge in [0.15, 0.2) is 0 Å². The predicted octanol–water partition coefficient (Wildman–Crippen LogP) is 3.74. The minimum Gasteiger partial charge on any atom is -0.406 e. The van der Waals surface area contributed by atoms with Crippen LogP contribution in [0, 0.1) is 0 Å². The molecule has 0 atom stereocenters. The van der Waals surface area contributed by atoms with E-state index < -0.39 is 12.4 Å². The van der Waals surface area contributed by atoms with E-state index in [1.807, 2.05) is 0 Å². The van der Waals surface area contributed by atoms with E-state index in [0.29, 0.717) is 12.2 Å². The molecule has 0 bridgehead atoms. The Balaban J connectivity index is 2.05. The van der Waals surface area contributed by atoms with Gasteiger partial charge in [-0.3, -0.25) is 4.90 Å². The molecule has 2 amide bonds. The number of rotatable bonds is 2. The number of amides is 2. The fourth-order valence-corrected chi connectivity index (χ4v) is 1.88. The molecule has 1 heterocycles. The van der Waals surface area contributed by atoms with Crippen LogP contribution in [0.5, 0.6) is 5.75 Å². The van der Waals surface area contributed by atoms with E-state index >= 15 is 0 Å². The average Bonchev–Trinajstić information content (AvgIpc) is 2.46. The van der Waals surface area contributed by atoms with E-state index in [1.54, 1.807) is 24.4 Å². The van der Waals surface area contributed by atoms with E-state index in [1.165, 1.54) is 17.0 Å². The van der Waals surface area contributed by atoms with Crippen molar-refractivity contribution >= 4 is 24.5 Å². The third-order valence-corrected chi connectivity index (χ3v) is 2.96. The lowest BCUT2D eigenvalue weighted by Gasteiger charge is -2.24.